The normalized spacial score (nSPS) is 17.0. The van der Waals surface area contributed by atoms with Crippen molar-refractivity contribution in [3.05, 3.63) is 33.4 Å². The number of phenolic OH excluding ortho intramolecular Hbond substituents is 1. The number of benzene rings is 1. The van der Waals surface area contributed by atoms with E-state index in [0.717, 1.165) is 49.9 Å². The van der Waals surface area contributed by atoms with Crippen LogP contribution in [0.5, 0.6) is 5.75 Å². The molecule has 0 aliphatic heterocycles. The summed E-state index contributed by atoms with van der Waals surface area (Å²) in [6.45, 7) is 6.52. The highest BCUT2D eigenvalue weighted by Gasteiger charge is 2.30. The van der Waals surface area contributed by atoms with Gasteiger partial charge >= 0.3 is 5.69 Å². The minimum absolute atomic E-state index is 0. The fourth-order valence-corrected chi connectivity index (χ4v) is 3.37. The van der Waals surface area contributed by atoms with Gasteiger partial charge in [0.15, 0.2) is 5.75 Å². The van der Waals surface area contributed by atoms with Crippen LogP contribution in [0.15, 0.2) is 12.1 Å². The summed E-state index contributed by atoms with van der Waals surface area (Å²) in [5.41, 5.74) is 1.65. The van der Waals surface area contributed by atoms with Gasteiger partial charge in [-0.15, -0.1) is 17.0 Å². The minimum atomic E-state index is -0.454. The topological polar surface area (TPSA) is 66.6 Å². The molecule has 0 heterocycles. The van der Waals surface area contributed by atoms with E-state index < -0.39 is 4.92 Å². The van der Waals surface area contributed by atoms with Crippen LogP contribution in [0.2, 0.25) is 0 Å². The van der Waals surface area contributed by atoms with Gasteiger partial charge < -0.3 is 10.0 Å². The summed E-state index contributed by atoms with van der Waals surface area (Å²) in [5, 5.41) is 20.9. The number of phenols is 1. The van der Waals surface area contributed by atoms with Crippen molar-refractivity contribution in [2.24, 2.45) is 0 Å². The largest absolute Gasteiger partial charge is 0.502 e. The van der Waals surface area contributed by atoms with Gasteiger partial charge in [-0.05, 0) is 56.8 Å². The maximum atomic E-state index is 11.1. The first-order valence-corrected chi connectivity index (χ1v) is 7.80. The third-order valence-electron chi connectivity index (χ3n) is 4.26. The van der Waals surface area contributed by atoms with Gasteiger partial charge in [0.1, 0.15) is 0 Å². The summed E-state index contributed by atoms with van der Waals surface area (Å²) in [7, 11) is 0. The number of nitrogens with zero attached hydrogens (tertiary/aromatic N) is 2. The van der Waals surface area contributed by atoms with Crippen LogP contribution in [-0.2, 0) is 12.8 Å². The number of halogens is 1. The van der Waals surface area contributed by atoms with Crippen LogP contribution < -0.4 is 0 Å². The molecule has 0 saturated carbocycles. The van der Waals surface area contributed by atoms with E-state index in [9.17, 15) is 15.2 Å². The lowest BCUT2D eigenvalue weighted by Crippen LogP contribution is -2.40. The Labute approximate surface area is 142 Å². The molecule has 1 aromatic rings. The molecule has 0 fully saturated rings. The van der Waals surface area contributed by atoms with Gasteiger partial charge in [-0.1, -0.05) is 19.9 Å². The van der Waals surface area contributed by atoms with Crippen molar-refractivity contribution in [3.63, 3.8) is 0 Å². The molecular weight excluding hydrogens is 348 g/mol. The first-order chi connectivity index (χ1) is 10.1. The van der Waals surface area contributed by atoms with Crippen molar-refractivity contribution >= 4 is 22.7 Å². The zero-order valence-electron chi connectivity index (χ0n) is 13.2. The average Bonchev–Trinajstić information content (AvgIpc) is 2.46. The standard InChI is InChI=1S/C16H24N2O3.BrH/c1-3-9-17(10-4-2)13-6-7-14-12(11-13)5-8-15(19)16(14)18(20)21;/h5,8,13,19H,3-4,6-7,9-11H2,1-2H3;1H. The van der Waals surface area contributed by atoms with Gasteiger partial charge in [0.25, 0.3) is 0 Å². The SMILES string of the molecule is Br.CCCN(CCC)C1CCc2c(ccc(O)c2[N+](=O)[O-])C1. The number of hydrogen-bond acceptors (Lipinski definition) is 4. The number of nitro groups is 1. The van der Waals surface area contributed by atoms with Crippen LogP contribution in [0.25, 0.3) is 0 Å². The molecule has 1 unspecified atom stereocenters. The van der Waals surface area contributed by atoms with Crippen LogP contribution in [0.3, 0.4) is 0 Å². The Balaban J connectivity index is 0.00000242. The molecule has 124 valence electrons. The fourth-order valence-electron chi connectivity index (χ4n) is 3.37. The molecule has 0 saturated heterocycles. The number of fused-ring (bicyclic) bond motifs is 1. The zero-order chi connectivity index (χ0) is 15.4. The van der Waals surface area contributed by atoms with Crippen LogP contribution in [0, 0.1) is 10.1 Å². The Bertz CT molecular complexity index is 516. The Morgan fingerprint density at radius 2 is 1.95 bits per heavy atom. The van der Waals surface area contributed by atoms with Crippen LogP contribution >= 0.6 is 17.0 Å². The van der Waals surface area contributed by atoms with E-state index in [0.29, 0.717) is 12.5 Å². The second-order valence-electron chi connectivity index (χ2n) is 5.76. The van der Waals surface area contributed by atoms with E-state index in [1.807, 2.05) is 6.07 Å². The lowest BCUT2D eigenvalue weighted by molar-refractivity contribution is -0.386. The van der Waals surface area contributed by atoms with E-state index in [1.165, 1.54) is 6.07 Å². The van der Waals surface area contributed by atoms with Gasteiger partial charge in [0.05, 0.1) is 4.92 Å². The number of aromatic hydroxyl groups is 1. The van der Waals surface area contributed by atoms with Crippen molar-refractivity contribution in [1.82, 2.24) is 4.90 Å². The summed E-state index contributed by atoms with van der Waals surface area (Å²) in [6.07, 6.45) is 4.69. The van der Waals surface area contributed by atoms with Crippen molar-refractivity contribution in [2.45, 2.75) is 52.0 Å². The average molecular weight is 373 g/mol. The molecule has 0 spiro atoms. The predicted octanol–water partition coefficient (Wildman–Crippen LogP) is 3.86. The summed E-state index contributed by atoms with van der Waals surface area (Å²) < 4.78 is 0. The molecule has 1 atom stereocenters. The third kappa shape index (κ3) is 3.98. The zero-order valence-corrected chi connectivity index (χ0v) is 15.0. The lowest BCUT2D eigenvalue weighted by Gasteiger charge is -2.34. The molecule has 0 aromatic heterocycles. The second kappa shape index (κ2) is 8.48. The van der Waals surface area contributed by atoms with Gasteiger partial charge in [-0.2, -0.15) is 0 Å². The first-order valence-electron chi connectivity index (χ1n) is 7.80. The monoisotopic (exact) mass is 372 g/mol. The van der Waals surface area contributed by atoms with E-state index in [1.54, 1.807) is 0 Å². The Kier molecular flexibility index (Phi) is 7.29. The highest BCUT2D eigenvalue weighted by atomic mass is 79.9. The molecule has 0 bridgehead atoms. The highest BCUT2D eigenvalue weighted by molar-refractivity contribution is 8.93. The Morgan fingerprint density at radius 3 is 2.50 bits per heavy atom. The van der Waals surface area contributed by atoms with Crippen LogP contribution in [-0.4, -0.2) is 34.1 Å². The number of nitro benzene ring substituents is 1. The molecule has 1 aromatic carbocycles. The smallest absolute Gasteiger partial charge is 0.314 e. The van der Waals surface area contributed by atoms with Crippen molar-refractivity contribution in [3.8, 4) is 5.75 Å². The molecule has 5 nitrogen and oxygen atoms in total. The van der Waals surface area contributed by atoms with Crippen molar-refractivity contribution in [2.75, 3.05) is 13.1 Å². The Morgan fingerprint density at radius 1 is 1.32 bits per heavy atom. The van der Waals surface area contributed by atoms with Crippen LogP contribution in [0.1, 0.15) is 44.2 Å². The van der Waals surface area contributed by atoms with Gasteiger partial charge in [-0.3, -0.25) is 10.1 Å². The van der Waals surface area contributed by atoms with E-state index in [-0.39, 0.29) is 28.4 Å². The van der Waals surface area contributed by atoms with Gasteiger partial charge in [0, 0.05) is 11.6 Å². The third-order valence-corrected chi connectivity index (χ3v) is 4.26. The minimum Gasteiger partial charge on any atom is -0.502 e. The second-order valence-corrected chi connectivity index (χ2v) is 5.76. The van der Waals surface area contributed by atoms with Gasteiger partial charge in [0.2, 0.25) is 0 Å². The van der Waals surface area contributed by atoms with Crippen LogP contribution in [0.4, 0.5) is 5.69 Å². The van der Waals surface area contributed by atoms with Crippen molar-refractivity contribution in [1.29, 1.82) is 0 Å². The quantitative estimate of drug-likeness (QED) is 0.608. The molecule has 22 heavy (non-hydrogen) atoms. The summed E-state index contributed by atoms with van der Waals surface area (Å²) in [4.78, 5) is 13.2. The molecular formula is C16H25BrN2O3. The summed E-state index contributed by atoms with van der Waals surface area (Å²) in [6, 6.07) is 3.77. The molecule has 0 radical (unpaired) electrons. The van der Waals surface area contributed by atoms with E-state index >= 15 is 0 Å². The Hall–Kier alpha value is -1.14. The fraction of sp³-hybridized carbons (Fsp3) is 0.625. The highest BCUT2D eigenvalue weighted by Crippen LogP contribution is 2.37. The molecule has 1 aliphatic carbocycles. The number of rotatable bonds is 6. The van der Waals surface area contributed by atoms with Gasteiger partial charge in [-0.25, -0.2) is 0 Å². The maximum Gasteiger partial charge on any atom is 0.314 e. The maximum absolute atomic E-state index is 11.1. The summed E-state index contributed by atoms with van der Waals surface area (Å²) in [5.74, 6) is -0.212. The predicted molar refractivity (Wildman–Crippen MR) is 93.1 cm³/mol. The lowest BCUT2D eigenvalue weighted by atomic mass is 9.86. The van der Waals surface area contributed by atoms with Crippen molar-refractivity contribution < 1.29 is 10.0 Å². The number of hydrogen-bond donors (Lipinski definition) is 1. The summed E-state index contributed by atoms with van der Waals surface area (Å²) >= 11 is 0. The molecule has 2 rings (SSSR count). The van der Waals surface area contributed by atoms with E-state index in [2.05, 4.69) is 18.7 Å². The van der Waals surface area contributed by atoms with E-state index in [4.69, 9.17) is 0 Å². The molecule has 1 aliphatic rings. The molecule has 0 amide bonds. The molecule has 1 N–H and O–H groups in total. The molecule has 6 heteroatoms. The first kappa shape index (κ1) is 18.9.